The van der Waals surface area contributed by atoms with Crippen LogP contribution in [0.25, 0.3) is 0 Å². The van der Waals surface area contributed by atoms with Crippen molar-refractivity contribution in [3.8, 4) is 0 Å². The Balaban J connectivity index is 2.08. The summed E-state index contributed by atoms with van der Waals surface area (Å²) in [5.41, 5.74) is -0.799. The number of rotatable bonds is 3. The number of hydrogen-bond donors (Lipinski definition) is 2. The van der Waals surface area contributed by atoms with Crippen molar-refractivity contribution in [2.75, 3.05) is 13.1 Å². The molecule has 0 bridgehead atoms. The van der Waals surface area contributed by atoms with Crippen LogP contribution in [0.4, 0.5) is 13.2 Å². The Morgan fingerprint density at radius 3 is 2.43 bits per heavy atom. The van der Waals surface area contributed by atoms with Gasteiger partial charge in [-0.1, -0.05) is 0 Å². The largest absolute Gasteiger partial charge is 0.481 e. The van der Waals surface area contributed by atoms with Crippen molar-refractivity contribution >= 4 is 11.9 Å². The summed E-state index contributed by atoms with van der Waals surface area (Å²) in [6, 6.07) is 0. The van der Waals surface area contributed by atoms with Gasteiger partial charge in [0.1, 0.15) is 0 Å². The quantitative estimate of drug-likeness (QED) is 0.852. The van der Waals surface area contributed by atoms with Gasteiger partial charge in [0.25, 0.3) is 0 Å². The predicted octanol–water partition coefficient (Wildman–Crippen LogP) is 0.603. The number of H-pyrrole nitrogens is 1. The van der Waals surface area contributed by atoms with E-state index in [0.717, 1.165) is 0 Å². The molecule has 1 fully saturated rings. The van der Waals surface area contributed by atoms with Crippen molar-refractivity contribution in [3.05, 3.63) is 11.9 Å². The molecule has 1 aromatic heterocycles. The summed E-state index contributed by atoms with van der Waals surface area (Å²) in [7, 11) is 0. The number of carbonyl (C=O) groups is 2. The van der Waals surface area contributed by atoms with Crippen LogP contribution in [0.2, 0.25) is 0 Å². The number of hydrogen-bond acceptors (Lipinski definition) is 4. The molecular formula is C11H13F3N4O3. The highest BCUT2D eigenvalue weighted by atomic mass is 19.4. The lowest BCUT2D eigenvalue weighted by molar-refractivity contribution is -0.188. The van der Waals surface area contributed by atoms with Crippen LogP contribution in [-0.4, -0.2) is 56.6 Å². The molecule has 0 unspecified atom stereocenters. The molecule has 21 heavy (non-hydrogen) atoms. The third-order valence-corrected chi connectivity index (χ3v) is 3.69. The first-order chi connectivity index (χ1) is 9.74. The van der Waals surface area contributed by atoms with Crippen molar-refractivity contribution in [1.29, 1.82) is 0 Å². The zero-order valence-electron chi connectivity index (χ0n) is 10.9. The Morgan fingerprint density at radius 1 is 1.38 bits per heavy atom. The molecule has 1 aliphatic rings. The zero-order valence-corrected chi connectivity index (χ0v) is 10.9. The summed E-state index contributed by atoms with van der Waals surface area (Å²) in [5.74, 6) is -3.03. The average Bonchev–Trinajstić information content (AvgIpc) is 2.90. The number of nitrogens with zero attached hydrogens (tertiary/aromatic N) is 3. The third kappa shape index (κ3) is 3.14. The van der Waals surface area contributed by atoms with Crippen LogP contribution in [0.5, 0.6) is 0 Å². The highest BCUT2D eigenvalue weighted by molar-refractivity contribution is 5.82. The molecule has 10 heteroatoms. The lowest BCUT2D eigenvalue weighted by Crippen LogP contribution is -2.50. The van der Waals surface area contributed by atoms with Gasteiger partial charge in [-0.05, 0) is 12.8 Å². The van der Waals surface area contributed by atoms with Crippen LogP contribution in [0, 0.1) is 5.41 Å². The molecule has 0 aromatic carbocycles. The summed E-state index contributed by atoms with van der Waals surface area (Å²) in [6.07, 6.45) is -3.62. The number of alkyl halides is 3. The molecule has 2 N–H and O–H groups in total. The molecular weight excluding hydrogens is 293 g/mol. The second-order valence-electron chi connectivity index (χ2n) is 5.01. The van der Waals surface area contributed by atoms with Crippen LogP contribution in [-0.2, 0) is 16.0 Å². The molecule has 1 aliphatic heterocycles. The first kappa shape index (κ1) is 15.3. The lowest BCUT2D eigenvalue weighted by Gasteiger charge is -2.38. The molecule has 0 radical (unpaired) electrons. The summed E-state index contributed by atoms with van der Waals surface area (Å²) < 4.78 is 37.1. The van der Waals surface area contributed by atoms with Gasteiger partial charge in [0.15, 0.2) is 0 Å². The summed E-state index contributed by atoms with van der Waals surface area (Å²) >= 11 is 0. The first-order valence-corrected chi connectivity index (χ1v) is 6.19. The number of aromatic nitrogens is 3. The van der Waals surface area contributed by atoms with E-state index in [1.54, 1.807) is 0 Å². The van der Waals surface area contributed by atoms with Gasteiger partial charge in [-0.15, -0.1) is 0 Å². The number of piperidine rings is 1. The Kier molecular flexibility index (Phi) is 3.88. The van der Waals surface area contributed by atoms with Crippen LogP contribution in [0.3, 0.4) is 0 Å². The predicted molar refractivity (Wildman–Crippen MR) is 62.0 cm³/mol. The van der Waals surface area contributed by atoms with E-state index in [1.807, 2.05) is 0 Å². The van der Waals surface area contributed by atoms with E-state index in [2.05, 4.69) is 15.4 Å². The second kappa shape index (κ2) is 5.34. The number of likely N-dealkylation sites (tertiary alicyclic amines) is 1. The van der Waals surface area contributed by atoms with Crippen LogP contribution in [0.1, 0.15) is 18.5 Å². The molecule has 2 heterocycles. The van der Waals surface area contributed by atoms with Crippen LogP contribution >= 0.6 is 0 Å². The molecule has 1 aromatic rings. The van der Waals surface area contributed by atoms with Gasteiger partial charge in [-0.3, -0.25) is 9.59 Å². The SMILES string of the molecule is O=C(N1CCC(Cc2cn[nH]n2)(C(=O)O)CC1)C(F)(F)F. The molecule has 0 atom stereocenters. The lowest BCUT2D eigenvalue weighted by atomic mass is 9.75. The number of nitrogens with one attached hydrogen (secondary N) is 1. The topological polar surface area (TPSA) is 99.2 Å². The highest BCUT2D eigenvalue weighted by Gasteiger charge is 2.48. The fourth-order valence-electron chi connectivity index (χ4n) is 2.44. The van der Waals surface area contributed by atoms with Gasteiger partial charge in [-0.2, -0.15) is 28.6 Å². The molecule has 0 saturated carbocycles. The Labute approximate surface area is 117 Å². The minimum Gasteiger partial charge on any atom is -0.481 e. The van der Waals surface area contributed by atoms with Crippen molar-refractivity contribution < 1.29 is 27.9 Å². The standard InChI is InChI=1S/C11H13F3N4O3/c12-11(13,14)8(19)18-3-1-10(2-4-18,9(20)21)5-7-6-15-17-16-7/h6H,1-5H2,(H,20,21)(H,15,16,17). The normalized spacial score (nSPS) is 18.5. The second-order valence-corrected chi connectivity index (χ2v) is 5.01. The maximum absolute atomic E-state index is 12.4. The maximum atomic E-state index is 12.4. The summed E-state index contributed by atoms with van der Waals surface area (Å²) in [4.78, 5) is 23.3. The van der Waals surface area contributed by atoms with E-state index in [0.29, 0.717) is 10.6 Å². The van der Waals surface area contributed by atoms with Gasteiger partial charge in [0.2, 0.25) is 0 Å². The number of carboxylic acids is 1. The molecule has 2 rings (SSSR count). The van der Waals surface area contributed by atoms with Gasteiger partial charge >= 0.3 is 18.1 Å². The smallest absolute Gasteiger partial charge is 0.471 e. The monoisotopic (exact) mass is 306 g/mol. The van der Waals surface area contributed by atoms with Crippen molar-refractivity contribution in [1.82, 2.24) is 20.3 Å². The van der Waals surface area contributed by atoms with Gasteiger partial charge < -0.3 is 10.0 Å². The molecule has 7 nitrogen and oxygen atoms in total. The Bertz CT molecular complexity index is 521. The minimum atomic E-state index is -4.94. The van der Waals surface area contributed by atoms with Crippen molar-refractivity contribution in [2.45, 2.75) is 25.4 Å². The zero-order chi connectivity index (χ0) is 15.7. The number of aliphatic carboxylic acids is 1. The minimum absolute atomic E-state index is 0.0585. The fourth-order valence-corrected chi connectivity index (χ4v) is 2.44. The molecule has 1 saturated heterocycles. The number of aromatic amines is 1. The molecule has 0 spiro atoms. The highest BCUT2D eigenvalue weighted by Crippen LogP contribution is 2.36. The van der Waals surface area contributed by atoms with Crippen LogP contribution in [0.15, 0.2) is 6.20 Å². The number of carboxylic acid groups (broad SMARTS) is 1. The summed E-state index contributed by atoms with van der Waals surface area (Å²) in [5, 5.41) is 19.1. The van der Waals surface area contributed by atoms with E-state index in [-0.39, 0.29) is 32.4 Å². The molecule has 1 amide bonds. The van der Waals surface area contributed by atoms with Gasteiger partial charge in [0, 0.05) is 19.5 Å². The fraction of sp³-hybridized carbons (Fsp3) is 0.636. The molecule has 116 valence electrons. The van der Waals surface area contributed by atoms with E-state index < -0.39 is 23.5 Å². The number of amides is 1. The van der Waals surface area contributed by atoms with Gasteiger partial charge in [-0.25, -0.2) is 0 Å². The first-order valence-electron chi connectivity index (χ1n) is 6.19. The third-order valence-electron chi connectivity index (χ3n) is 3.69. The Hall–Kier alpha value is -2.13. The van der Waals surface area contributed by atoms with Crippen molar-refractivity contribution in [2.24, 2.45) is 5.41 Å². The van der Waals surface area contributed by atoms with E-state index in [1.165, 1.54) is 6.20 Å². The number of carbonyl (C=O) groups excluding carboxylic acids is 1. The number of halogens is 3. The Morgan fingerprint density at radius 2 is 2.00 bits per heavy atom. The van der Waals surface area contributed by atoms with Crippen LogP contribution < -0.4 is 0 Å². The maximum Gasteiger partial charge on any atom is 0.471 e. The van der Waals surface area contributed by atoms with E-state index in [4.69, 9.17) is 0 Å². The molecule has 0 aliphatic carbocycles. The van der Waals surface area contributed by atoms with Gasteiger partial charge in [0.05, 0.1) is 17.3 Å². The van der Waals surface area contributed by atoms with Crippen molar-refractivity contribution in [3.63, 3.8) is 0 Å². The van der Waals surface area contributed by atoms with E-state index in [9.17, 15) is 27.9 Å². The summed E-state index contributed by atoms with van der Waals surface area (Å²) in [6.45, 7) is -0.495. The average molecular weight is 306 g/mol. The van der Waals surface area contributed by atoms with E-state index >= 15 is 0 Å².